The molecule has 0 heterocycles. The smallest absolute Gasteiger partial charge is 0.185 e. The maximum atomic E-state index is 4.87. The van der Waals surface area contributed by atoms with Crippen molar-refractivity contribution in [2.24, 2.45) is 4.66 Å². The third kappa shape index (κ3) is 6.15. The summed E-state index contributed by atoms with van der Waals surface area (Å²) in [6, 6.07) is 0. The number of nitrogens with zero attached hydrogens (tertiary/aromatic N) is 3. The van der Waals surface area contributed by atoms with Crippen LogP contribution in [0.1, 0.15) is 39.5 Å². The van der Waals surface area contributed by atoms with E-state index in [4.69, 9.17) is 4.66 Å². The van der Waals surface area contributed by atoms with E-state index in [0.29, 0.717) is 0 Å². The van der Waals surface area contributed by atoms with Gasteiger partial charge in [0, 0.05) is 28.2 Å². The summed E-state index contributed by atoms with van der Waals surface area (Å²) in [5.41, 5.74) is 0.893. The lowest BCUT2D eigenvalue weighted by Gasteiger charge is -2.24. The first-order chi connectivity index (χ1) is 7.52. The molecule has 0 bridgehead atoms. The van der Waals surface area contributed by atoms with Gasteiger partial charge in [-0.15, -0.1) is 0 Å². The Kier molecular flexibility index (Phi) is 8.34. The van der Waals surface area contributed by atoms with Gasteiger partial charge in [0.25, 0.3) is 0 Å². The van der Waals surface area contributed by atoms with Gasteiger partial charge in [-0.2, -0.15) is 0 Å². The van der Waals surface area contributed by atoms with E-state index in [1.807, 2.05) is 0 Å². The molecule has 0 aliphatic carbocycles. The van der Waals surface area contributed by atoms with Crippen molar-refractivity contribution in [3.05, 3.63) is 0 Å². The Morgan fingerprint density at radius 3 is 1.75 bits per heavy atom. The van der Waals surface area contributed by atoms with Gasteiger partial charge in [0.15, 0.2) is 15.6 Å². The molecule has 0 aromatic heterocycles. The van der Waals surface area contributed by atoms with Crippen LogP contribution in [0, 0.1) is 0 Å². The molecule has 0 unspecified atom stereocenters. The Hall–Kier alpha value is -0.513. The van der Waals surface area contributed by atoms with E-state index < -0.39 is 0 Å². The van der Waals surface area contributed by atoms with Crippen LogP contribution in [0.25, 0.3) is 0 Å². The second-order valence-electron chi connectivity index (χ2n) is 4.87. The third-order valence-electron chi connectivity index (χ3n) is 2.68. The molecule has 0 rings (SSSR count). The lowest BCUT2D eigenvalue weighted by molar-refractivity contribution is 0.485. The zero-order valence-corrected chi connectivity index (χ0v) is 13.4. The third-order valence-corrected chi connectivity index (χ3v) is 4.48. The molecular formula is C12H29N3Si. The van der Waals surface area contributed by atoms with Crippen LogP contribution >= 0.6 is 0 Å². The summed E-state index contributed by atoms with van der Waals surface area (Å²) < 4.78 is 4.87. The van der Waals surface area contributed by atoms with Gasteiger partial charge < -0.3 is 9.80 Å². The van der Waals surface area contributed by atoms with Crippen LogP contribution in [-0.4, -0.2) is 53.6 Å². The van der Waals surface area contributed by atoms with Gasteiger partial charge >= 0.3 is 0 Å². The second-order valence-corrected chi connectivity index (χ2v) is 6.71. The molecule has 0 aliphatic rings. The summed E-state index contributed by atoms with van der Waals surface area (Å²) in [6.07, 6.45) is 5.31. The summed E-state index contributed by atoms with van der Waals surface area (Å²) in [6.45, 7) is 4.55. The van der Waals surface area contributed by atoms with Crippen molar-refractivity contribution in [3.63, 3.8) is 0 Å². The van der Waals surface area contributed by atoms with Crippen molar-refractivity contribution in [3.8, 4) is 0 Å². The molecule has 16 heavy (non-hydrogen) atoms. The number of guanidine groups is 1. The highest BCUT2D eigenvalue weighted by Gasteiger charge is 2.09. The Labute approximate surface area is 104 Å². The Balaban J connectivity index is 4.35. The molecule has 3 nitrogen and oxygen atoms in total. The van der Waals surface area contributed by atoms with Crippen molar-refractivity contribution >= 4 is 15.6 Å². The average Bonchev–Trinajstić information content (AvgIpc) is 2.17. The molecule has 0 radical (unpaired) electrons. The van der Waals surface area contributed by atoms with E-state index in [-0.39, 0.29) is 9.68 Å². The summed E-state index contributed by atoms with van der Waals surface area (Å²) >= 11 is 0. The zero-order chi connectivity index (χ0) is 12.6. The lowest BCUT2D eigenvalue weighted by atomic mass is 10.1. The van der Waals surface area contributed by atoms with Crippen LogP contribution in [0.4, 0.5) is 0 Å². The first-order valence-corrected chi connectivity index (χ1v) is 7.86. The number of hydrogen-bond acceptors (Lipinski definition) is 1. The van der Waals surface area contributed by atoms with E-state index in [2.05, 4.69) is 51.8 Å². The topological polar surface area (TPSA) is 18.8 Å². The minimum Gasteiger partial charge on any atom is -0.350 e. The van der Waals surface area contributed by atoms with Gasteiger partial charge in [0.2, 0.25) is 0 Å². The molecular weight excluding hydrogens is 214 g/mol. The second kappa shape index (κ2) is 8.62. The number of hydrogen-bond donors (Lipinski definition) is 0. The highest BCUT2D eigenvalue weighted by atomic mass is 28.2. The predicted octanol–water partition coefficient (Wildman–Crippen LogP) is 1.94. The number of rotatable bonds is 6. The van der Waals surface area contributed by atoms with Crippen LogP contribution in [-0.2, 0) is 0 Å². The van der Waals surface area contributed by atoms with Crippen LogP contribution in [0.5, 0.6) is 0 Å². The molecule has 0 fully saturated rings. The van der Waals surface area contributed by atoms with E-state index in [1.165, 1.54) is 25.7 Å². The summed E-state index contributed by atoms with van der Waals surface area (Å²) in [5.74, 6) is 1.13. The molecule has 96 valence electrons. The van der Waals surface area contributed by atoms with Crippen LogP contribution < -0.4 is 0 Å². The molecule has 0 atom stereocenters. The fourth-order valence-corrected chi connectivity index (χ4v) is 4.21. The molecule has 0 aromatic carbocycles. The Morgan fingerprint density at radius 1 is 1.00 bits per heavy atom. The predicted molar refractivity (Wildman–Crippen MR) is 76.9 cm³/mol. The summed E-state index contributed by atoms with van der Waals surface area (Å²) in [4.78, 5) is 4.23. The van der Waals surface area contributed by atoms with Gasteiger partial charge in [-0.05, 0) is 5.54 Å². The van der Waals surface area contributed by atoms with Gasteiger partial charge in [-0.25, -0.2) is 0 Å². The van der Waals surface area contributed by atoms with Crippen molar-refractivity contribution in [2.45, 2.75) is 45.1 Å². The van der Waals surface area contributed by atoms with Gasteiger partial charge in [0.1, 0.15) is 0 Å². The lowest BCUT2D eigenvalue weighted by Crippen LogP contribution is -2.36. The van der Waals surface area contributed by atoms with Crippen molar-refractivity contribution in [1.29, 1.82) is 0 Å². The minimum absolute atomic E-state index is 0.325. The van der Waals surface area contributed by atoms with Crippen LogP contribution in [0.3, 0.4) is 0 Å². The fourth-order valence-electron chi connectivity index (χ4n) is 2.04. The quantitative estimate of drug-likeness (QED) is 0.403. The Morgan fingerprint density at radius 2 is 1.44 bits per heavy atom. The van der Waals surface area contributed by atoms with Gasteiger partial charge in [-0.1, -0.05) is 39.5 Å². The molecule has 0 aliphatic heterocycles. The molecule has 0 N–H and O–H groups in total. The van der Waals surface area contributed by atoms with E-state index >= 15 is 0 Å². The van der Waals surface area contributed by atoms with Crippen LogP contribution in [0.2, 0.25) is 5.54 Å². The molecule has 4 heteroatoms. The van der Waals surface area contributed by atoms with Gasteiger partial charge in [0.05, 0.1) is 0 Å². The van der Waals surface area contributed by atoms with Gasteiger partial charge in [-0.3, -0.25) is 4.66 Å². The maximum Gasteiger partial charge on any atom is 0.185 e. The molecule has 0 aromatic rings. The van der Waals surface area contributed by atoms with Crippen molar-refractivity contribution in [2.75, 3.05) is 28.2 Å². The maximum absolute atomic E-state index is 4.87. The SMILES string of the molecule is CCCC(CCC)[SiH2]N=C(N(C)C)N(C)C. The Bertz CT molecular complexity index is 186. The highest BCUT2D eigenvalue weighted by molar-refractivity contribution is 6.37. The fraction of sp³-hybridized carbons (Fsp3) is 0.917. The van der Waals surface area contributed by atoms with E-state index in [1.54, 1.807) is 0 Å². The van der Waals surface area contributed by atoms with Crippen molar-refractivity contribution in [1.82, 2.24) is 9.80 Å². The first-order valence-electron chi connectivity index (χ1n) is 6.41. The molecule has 0 spiro atoms. The van der Waals surface area contributed by atoms with E-state index in [0.717, 1.165) is 11.5 Å². The first kappa shape index (κ1) is 15.5. The zero-order valence-electron chi connectivity index (χ0n) is 12.0. The molecule has 0 amide bonds. The largest absolute Gasteiger partial charge is 0.350 e. The van der Waals surface area contributed by atoms with Crippen molar-refractivity contribution < 1.29 is 0 Å². The molecule has 0 saturated carbocycles. The normalized spacial score (nSPS) is 11.2. The average molecular weight is 243 g/mol. The summed E-state index contributed by atoms with van der Waals surface area (Å²) in [5, 5.41) is 0. The minimum atomic E-state index is -0.325. The van der Waals surface area contributed by atoms with E-state index in [9.17, 15) is 0 Å². The van der Waals surface area contributed by atoms with Crippen LogP contribution in [0.15, 0.2) is 4.66 Å². The summed E-state index contributed by atoms with van der Waals surface area (Å²) in [7, 11) is 7.96. The molecule has 0 saturated heterocycles. The standard InChI is InChI=1S/C12H29N3Si/c1-7-9-11(10-8-2)16-13-12(14(3)4)15(5)6/h11H,7-10,16H2,1-6H3. The monoisotopic (exact) mass is 243 g/mol. The highest BCUT2D eigenvalue weighted by Crippen LogP contribution is 2.18.